The number of aryl methyl sites for hydroxylation is 2. The highest BCUT2D eigenvalue weighted by Crippen LogP contribution is 2.35. The summed E-state index contributed by atoms with van der Waals surface area (Å²) in [5.41, 5.74) is -0.245. The van der Waals surface area contributed by atoms with Gasteiger partial charge in [0.25, 0.3) is 11.8 Å². The summed E-state index contributed by atoms with van der Waals surface area (Å²) < 4.78 is 78.0. The van der Waals surface area contributed by atoms with Crippen LogP contribution in [0, 0.1) is 23.4 Å². The highest BCUT2D eigenvalue weighted by molar-refractivity contribution is 7.89. The van der Waals surface area contributed by atoms with Gasteiger partial charge in [-0.15, -0.1) is 0 Å². The van der Waals surface area contributed by atoms with Crippen LogP contribution in [0.5, 0.6) is 5.75 Å². The lowest BCUT2D eigenvalue weighted by atomic mass is 10.1. The van der Waals surface area contributed by atoms with Gasteiger partial charge in [0.05, 0.1) is 18.4 Å². The lowest BCUT2D eigenvalue weighted by molar-refractivity contribution is 0.0782. The first-order valence-electron chi connectivity index (χ1n) is 11.0. The van der Waals surface area contributed by atoms with Crippen molar-refractivity contribution in [2.45, 2.75) is 10.9 Å². The Hall–Kier alpha value is -3.85. The van der Waals surface area contributed by atoms with Crippen molar-refractivity contribution in [3.8, 4) is 5.75 Å². The van der Waals surface area contributed by atoms with Crippen molar-refractivity contribution in [2.24, 2.45) is 20.0 Å². The monoisotopic (exact) mass is 538 g/mol. The highest BCUT2D eigenvalue weighted by Gasteiger charge is 2.42. The summed E-state index contributed by atoms with van der Waals surface area (Å²) in [7, 11) is -1.12. The molecule has 37 heavy (non-hydrogen) atoms. The van der Waals surface area contributed by atoms with Gasteiger partial charge in [-0.05, 0) is 0 Å². The molecule has 2 aliphatic heterocycles. The van der Waals surface area contributed by atoms with E-state index in [-0.39, 0.29) is 47.6 Å². The number of hydrogen-bond acceptors (Lipinski definition) is 6. The lowest BCUT2D eigenvalue weighted by Crippen LogP contribution is -2.43. The zero-order chi connectivity index (χ0) is 26.6. The third kappa shape index (κ3) is 4.44. The highest BCUT2D eigenvalue weighted by atomic mass is 32.2. The van der Waals surface area contributed by atoms with E-state index in [1.807, 2.05) is 0 Å². The molecular formula is C22H21F3N6O5S. The molecule has 3 aromatic rings. The average Bonchev–Trinajstić information content (AvgIpc) is 3.51. The molecule has 11 nitrogen and oxygen atoms in total. The van der Waals surface area contributed by atoms with E-state index in [2.05, 4.69) is 15.1 Å². The van der Waals surface area contributed by atoms with E-state index in [0.29, 0.717) is 17.7 Å². The lowest BCUT2D eigenvalue weighted by Gasteiger charge is -2.23. The first-order chi connectivity index (χ1) is 17.4. The molecule has 2 N–H and O–H groups in total. The van der Waals surface area contributed by atoms with Crippen molar-refractivity contribution in [1.82, 2.24) is 24.0 Å². The molecule has 0 spiro atoms. The van der Waals surface area contributed by atoms with Gasteiger partial charge < -0.3 is 19.5 Å². The topological polar surface area (TPSA) is 128 Å². The third-order valence-corrected chi connectivity index (χ3v) is 7.76. The Bertz CT molecular complexity index is 1510. The predicted molar refractivity (Wildman–Crippen MR) is 122 cm³/mol. The van der Waals surface area contributed by atoms with Crippen molar-refractivity contribution in [3.05, 3.63) is 59.4 Å². The number of nitrogens with one attached hydrogen (secondary N) is 2. The molecule has 15 heteroatoms. The molecular weight excluding hydrogens is 517 g/mol. The van der Waals surface area contributed by atoms with E-state index in [0.717, 1.165) is 0 Å². The molecule has 2 atom stereocenters. The van der Waals surface area contributed by atoms with E-state index >= 15 is 0 Å². The van der Waals surface area contributed by atoms with Crippen molar-refractivity contribution in [3.63, 3.8) is 0 Å². The van der Waals surface area contributed by atoms with Crippen LogP contribution in [0.1, 0.15) is 20.8 Å². The quantitative estimate of drug-likeness (QED) is 0.483. The summed E-state index contributed by atoms with van der Waals surface area (Å²) in [6.45, 7) is 0.276. The fraction of sp³-hybridized carbons (Fsp3) is 0.318. The first kappa shape index (κ1) is 24.8. The van der Waals surface area contributed by atoms with Gasteiger partial charge in [0.15, 0.2) is 28.9 Å². The Balaban J connectivity index is 1.41. The van der Waals surface area contributed by atoms with Gasteiger partial charge in [0.1, 0.15) is 4.90 Å². The minimum absolute atomic E-state index is 0.0267. The summed E-state index contributed by atoms with van der Waals surface area (Å²) in [4.78, 5) is 27.0. The Morgan fingerprint density at radius 3 is 2.49 bits per heavy atom. The van der Waals surface area contributed by atoms with Gasteiger partial charge in [-0.3, -0.25) is 14.3 Å². The van der Waals surface area contributed by atoms with Gasteiger partial charge in [0, 0.05) is 69.4 Å². The molecule has 2 aromatic heterocycles. The molecule has 1 fully saturated rings. The molecule has 2 aliphatic rings. The van der Waals surface area contributed by atoms with Gasteiger partial charge in [-0.25, -0.2) is 26.3 Å². The molecule has 0 bridgehead atoms. The van der Waals surface area contributed by atoms with Crippen LogP contribution in [0.25, 0.3) is 0 Å². The second-order valence-corrected chi connectivity index (χ2v) is 10.6. The van der Waals surface area contributed by atoms with Crippen LogP contribution in [0.2, 0.25) is 0 Å². The van der Waals surface area contributed by atoms with Crippen molar-refractivity contribution < 1.29 is 35.9 Å². The molecule has 4 heterocycles. The summed E-state index contributed by atoms with van der Waals surface area (Å²) in [5.74, 6) is -6.62. The van der Waals surface area contributed by atoms with Gasteiger partial charge in [-0.1, -0.05) is 0 Å². The Kier molecular flexibility index (Phi) is 5.98. The maximum absolute atomic E-state index is 13.6. The van der Waals surface area contributed by atoms with E-state index in [1.54, 1.807) is 13.2 Å². The van der Waals surface area contributed by atoms with Crippen LogP contribution in [-0.4, -0.2) is 65.2 Å². The standard InChI is InChI=1S/C22H21F3N6O5S/c1-29-9-17-20(19(29)21(32)27-13-3-14(23)18(25)15(24)4-13)36-10-12-7-31(8-16(12)28-37(17,34)35)22(33)11-5-26-30(2)6-11/h3-6,9,12,16,28H,7-8,10H2,1-2H3,(H,27,32)/t12-,16-/m1/s1. The molecule has 0 saturated carbocycles. The minimum Gasteiger partial charge on any atom is -0.489 e. The number of nitrogens with zero attached hydrogens (tertiary/aromatic N) is 4. The maximum atomic E-state index is 13.6. The van der Waals surface area contributed by atoms with Crippen molar-refractivity contribution in [2.75, 3.05) is 25.0 Å². The van der Waals surface area contributed by atoms with Crippen LogP contribution >= 0.6 is 0 Å². The predicted octanol–water partition coefficient (Wildman–Crippen LogP) is 1.24. The number of amides is 2. The Morgan fingerprint density at radius 2 is 1.84 bits per heavy atom. The number of ether oxygens (including phenoxy) is 1. The second-order valence-electron chi connectivity index (χ2n) is 8.90. The minimum atomic E-state index is -4.19. The van der Waals surface area contributed by atoms with E-state index in [1.165, 1.54) is 33.6 Å². The number of likely N-dealkylation sites (tertiary alicyclic amines) is 1. The molecule has 2 amide bonds. The van der Waals surface area contributed by atoms with Crippen LogP contribution < -0.4 is 14.8 Å². The van der Waals surface area contributed by atoms with Gasteiger partial charge >= 0.3 is 0 Å². The Labute approximate surface area is 208 Å². The number of halogens is 3. The molecule has 0 aliphatic carbocycles. The van der Waals surface area contributed by atoms with E-state index < -0.39 is 45.3 Å². The number of fused-ring (bicyclic) bond motifs is 2. The molecule has 0 radical (unpaired) electrons. The summed E-state index contributed by atoms with van der Waals surface area (Å²) in [6.07, 6.45) is 4.15. The van der Waals surface area contributed by atoms with Gasteiger partial charge in [-0.2, -0.15) is 5.10 Å². The number of sulfonamides is 1. The molecule has 196 valence electrons. The molecule has 1 aromatic carbocycles. The van der Waals surface area contributed by atoms with Crippen LogP contribution in [0.4, 0.5) is 18.9 Å². The summed E-state index contributed by atoms with van der Waals surface area (Å²) in [6, 6.07) is 0.555. The normalized spacial score (nSPS) is 20.4. The third-order valence-electron chi connectivity index (χ3n) is 6.28. The SMILES string of the molecule is Cn1cc(C(=O)N2C[C@@H]3COc4c(cn(C)c4C(=O)Nc4cc(F)c(F)c(F)c4)S(=O)(=O)N[C@@H]3C2)cn1. The van der Waals surface area contributed by atoms with E-state index in [9.17, 15) is 31.2 Å². The number of carbonyl (C=O) groups excluding carboxylic acids is 2. The molecule has 1 saturated heterocycles. The first-order valence-corrected chi connectivity index (χ1v) is 12.5. The number of hydrogen-bond donors (Lipinski definition) is 2. The molecule has 0 unspecified atom stereocenters. The zero-order valence-electron chi connectivity index (χ0n) is 19.5. The molecule has 5 rings (SSSR count). The summed E-state index contributed by atoms with van der Waals surface area (Å²) in [5, 5.41) is 6.22. The van der Waals surface area contributed by atoms with Crippen LogP contribution in [-0.2, 0) is 24.1 Å². The maximum Gasteiger partial charge on any atom is 0.276 e. The number of benzene rings is 1. The van der Waals surface area contributed by atoms with Gasteiger partial charge in [0.2, 0.25) is 10.0 Å². The summed E-state index contributed by atoms with van der Waals surface area (Å²) >= 11 is 0. The fourth-order valence-corrected chi connectivity index (χ4v) is 5.98. The van der Waals surface area contributed by atoms with Crippen molar-refractivity contribution >= 4 is 27.5 Å². The number of rotatable bonds is 3. The number of aromatic nitrogens is 3. The van der Waals surface area contributed by atoms with Crippen molar-refractivity contribution in [1.29, 1.82) is 0 Å². The number of anilines is 1. The smallest absolute Gasteiger partial charge is 0.276 e. The average molecular weight is 539 g/mol. The van der Waals surface area contributed by atoms with E-state index in [4.69, 9.17) is 4.74 Å². The Morgan fingerprint density at radius 1 is 1.14 bits per heavy atom. The fourth-order valence-electron chi connectivity index (χ4n) is 4.50. The second kappa shape index (κ2) is 8.92. The van der Waals surface area contributed by atoms with Crippen LogP contribution in [0.3, 0.4) is 0 Å². The van der Waals surface area contributed by atoms with Crippen LogP contribution in [0.15, 0.2) is 35.6 Å². The zero-order valence-corrected chi connectivity index (χ0v) is 20.4. The number of carbonyl (C=O) groups is 2. The largest absolute Gasteiger partial charge is 0.489 e.